The normalized spacial score (nSPS) is 9.81. The second-order valence-corrected chi connectivity index (χ2v) is 4.37. The molecule has 2 aromatic rings. The van der Waals surface area contributed by atoms with Crippen LogP contribution in [0.3, 0.4) is 0 Å². The first-order valence-electron chi connectivity index (χ1n) is 5.00. The van der Waals surface area contributed by atoms with Crippen LogP contribution in [0.1, 0.15) is 16.3 Å². The molecular weight excluding hydrogens is 240 g/mol. The van der Waals surface area contributed by atoms with Crippen molar-refractivity contribution in [3.05, 3.63) is 52.0 Å². The number of nitrogens with one attached hydrogen (secondary N) is 1. The predicted octanol–water partition coefficient (Wildman–Crippen LogP) is 2.88. The summed E-state index contributed by atoms with van der Waals surface area (Å²) in [4.78, 5) is 4.55. The number of rotatable bonds is 4. The van der Waals surface area contributed by atoms with Crippen LogP contribution in [0, 0.1) is 0 Å². The number of benzene rings is 1. The molecule has 0 aliphatic rings. The maximum absolute atomic E-state index is 4.55. The topological polar surface area (TPSA) is 24.9 Å². The third kappa shape index (κ3) is 3.59. The molecule has 86 valence electrons. The Kier molecular flexibility index (Phi) is 5.46. The molecular formula is C12H15ClN2S. The Labute approximate surface area is 106 Å². The van der Waals surface area contributed by atoms with Crippen molar-refractivity contribution in [2.24, 2.45) is 0 Å². The molecule has 0 saturated heterocycles. The lowest BCUT2D eigenvalue weighted by Gasteiger charge is -1.96. The minimum atomic E-state index is 0. The molecule has 1 N–H and O–H groups in total. The lowest BCUT2D eigenvalue weighted by molar-refractivity contribution is 0.805. The van der Waals surface area contributed by atoms with Crippen LogP contribution < -0.4 is 5.32 Å². The molecule has 0 atom stereocenters. The van der Waals surface area contributed by atoms with E-state index in [0.717, 1.165) is 23.7 Å². The molecule has 16 heavy (non-hydrogen) atoms. The summed E-state index contributed by atoms with van der Waals surface area (Å²) >= 11 is 1.72. The third-order valence-corrected chi connectivity index (χ3v) is 3.05. The molecule has 1 heterocycles. The summed E-state index contributed by atoms with van der Waals surface area (Å²) in [6.07, 6.45) is 0.932. The summed E-state index contributed by atoms with van der Waals surface area (Å²) in [6, 6.07) is 10.4. The fraction of sp³-hybridized carbons (Fsp3) is 0.250. The third-order valence-electron chi connectivity index (χ3n) is 2.16. The molecule has 4 heteroatoms. The van der Waals surface area contributed by atoms with Gasteiger partial charge in [-0.05, 0) is 12.6 Å². The lowest BCUT2D eigenvalue weighted by Crippen LogP contribution is -2.04. The van der Waals surface area contributed by atoms with E-state index in [1.54, 1.807) is 11.3 Å². The van der Waals surface area contributed by atoms with E-state index in [0.29, 0.717) is 0 Å². The molecule has 2 rings (SSSR count). The van der Waals surface area contributed by atoms with E-state index in [1.807, 2.05) is 13.1 Å². The van der Waals surface area contributed by atoms with Gasteiger partial charge in [-0.15, -0.1) is 23.7 Å². The number of aromatic nitrogens is 1. The molecule has 0 spiro atoms. The van der Waals surface area contributed by atoms with Crippen molar-refractivity contribution in [1.29, 1.82) is 0 Å². The second-order valence-electron chi connectivity index (χ2n) is 3.43. The van der Waals surface area contributed by atoms with Gasteiger partial charge in [0, 0.05) is 18.3 Å². The highest BCUT2D eigenvalue weighted by atomic mass is 35.5. The van der Waals surface area contributed by atoms with E-state index in [-0.39, 0.29) is 12.4 Å². The van der Waals surface area contributed by atoms with E-state index in [1.165, 1.54) is 5.56 Å². The maximum atomic E-state index is 4.55. The summed E-state index contributed by atoms with van der Waals surface area (Å²) in [5.41, 5.74) is 2.48. The highest BCUT2D eigenvalue weighted by Crippen LogP contribution is 2.13. The van der Waals surface area contributed by atoms with Gasteiger partial charge in [-0.3, -0.25) is 0 Å². The molecule has 0 saturated carbocycles. The molecule has 0 fully saturated rings. The predicted molar refractivity (Wildman–Crippen MR) is 71.4 cm³/mol. The van der Waals surface area contributed by atoms with E-state index in [2.05, 4.69) is 39.9 Å². The Bertz CT molecular complexity index is 414. The molecule has 0 bridgehead atoms. The minimum Gasteiger partial charge on any atom is -0.314 e. The van der Waals surface area contributed by atoms with E-state index < -0.39 is 0 Å². The fourth-order valence-corrected chi connectivity index (χ4v) is 2.27. The first-order chi connectivity index (χ1) is 7.38. The van der Waals surface area contributed by atoms with E-state index in [4.69, 9.17) is 0 Å². The van der Waals surface area contributed by atoms with Crippen LogP contribution in [0.5, 0.6) is 0 Å². The smallest absolute Gasteiger partial charge is 0.107 e. The van der Waals surface area contributed by atoms with Gasteiger partial charge in [-0.1, -0.05) is 30.3 Å². The van der Waals surface area contributed by atoms with Crippen molar-refractivity contribution >= 4 is 23.7 Å². The first kappa shape index (κ1) is 13.2. The Hall–Kier alpha value is -0.900. The highest BCUT2D eigenvalue weighted by Gasteiger charge is 2.01. The minimum absolute atomic E-state index is 0. The zero-order valence-electron chi connectivity index (χ0n) is 9.14. The van der Waals surface area contributed by atoms with Crippen molar-refractivity contribution in [3.63, 3.8) is 0 Å². The second kappa shape index (κ2) is 6.63. The zero-order chi connectivity index (χ0) is 10.5. The molecule has 2 nitrogen and oxygen atoms in total. The van der Waals surface area contributed by atoms with Gasteiger partial charge < -0.3 is 5.32 Å². The van der Waals surface area contributed by atoms with Gasteiger partial charge in [-0.2, -0.15) is 0 Å². The maximum Gasteiger partial charge on any atom is 0.107 e. The molecule has 0 aliphatic heterocycles. The molecule has 0 radical (unpaired) electrons. The number of hydrogen-bond acceptors (Lipinski definition) is 3. The molecule has 0 unspecified atom stereocenters. The quantitative estimate of drug-likeness (QED) is 0.908. The largest absolute Gasteiger partial charge is 0.314 e. The highest BCUT2D eigenvalue weighted by molar-refractivity contribution is 7.09. The number of nitrogens with zero attached hydrogens (tertiary/aromatic N) is 1. The summed E-state index contributed by atoms with van der Waals surface area (Å²) in [5.74, 6) is 0. The molecule has 1 aromatic carbocycles. The number of halogens is 1. The molecule has 0 aliphatic carbocycles. The Morgan fingerprint density at radius 2 is 2.00 bits per heavy atom. The van der Waals surface area contributed by atoms with Crippen LogP contribution in [0.4, 0.5) is 0 Å². The summed E-state index contributed by atoms with van der Waals surface area (Å²) in [5, 5.41) is 6.40. The number of thiazole rings is 1. The van der Waals surface area contributed by atoms with Crippen LogP contribution in [-0.4, -0.2) is 12.0 Å². The van der Waals surface area contributed by atoms with Crippen LogP contribution >= 0.6 is 23.7 Å². The zero-order valence-corrected chi connectivity index (χ0v) is 10.8. The lowest BCUT2D eigenvalue weighted by atomic mass is 10.1. The van der Waals surface area contributed by atoms with Gasteiger partial charge in [-0.25, -0.2) is 4.98 Å². The average Bonchev–Trinajstić information content (AvgIpc) is 2.68. The fourth-order valence-electron chi connectivity index (χ4n) is 1.47. The molecule has 1 aromatic heterocycles. The van der Waals surface area contributed by atoms with Crippen LogP contribution in [-0.2, 0) is 13.0 Å². The standard InChI is InChI=1S/C12H14N2S.ClH/c1-13-8-12-14-11(9-15-12)7-10-5-3-2-4-6-10;/h2-6,9,13H,7-8H2,1H3;1H. The monoisotopic (exact) mass is 254 g/mol. The van der Waals surface area contributed by atoms with Crippen LogP contribution in [0.2, 0.25) is 0 Å². The van der Waals surface area contributed by atoms with Gasteiger partial charge >= 0.3 is 0 Å². The number of hydrogen-bond donors (Lipinski definition) is 1. The van der Waals surface area contributed by atoms with Crippen molar-refractivity contribution in [1.82, 2.24) is 10.3 Å². The summed E-state index contributed by atoms with van der Waals surface area (Å²) in [6.45, 7) is 0.861. The Balaban J connectivity index is 0.00000128. The average molecular weight is 255 g/mol. The van der Waals surface area contributed by atoms with Crippen molar-refractivity contribution in [3.8, 4) is 0 Å². The molecule has 0 amide bonds. The van der Waals surface area contributed by atoms with Gasteiger partial charge in [0.05, 0.1) is 5.69 Å². The van der Waals surface area contributed by atoms with E-state index >= 15 is 0 Å². The Morgan fingerprint density at radius 3 is 2.69 bits per heavy atom. The van der Waals surface area contributed by atoms with Gasteiger partial charge in [0.15, 0.2) is 0 Å². The van der Waals surface area contributed by atoms with E-state index in [9.17, 15) is 0 Å². The first-order valence-corrected chi connectivity index (χ1v) is 5.88. The van der Waals surface area contributed by atoms with Crippen LogP contribution in [0.25, 0.3) is 0 Å². The summed E-state index contributed by atoms with van der Waals surface area (Å²) in [7, 11) is 1.94. The van der Waals surface area contributed by atoms with Gasteiger partial charge in [0.25, 0.3) is 0 Å². The van der Waals surface area contributed by atoms with Crippen molar-refractivity contribution < 1.29 is 0 Å². The summed E-state index contributed by atoms with van der Waals surface area (Å²) < 4.78 is 0. The SMILES string of the molecule is CNCc1nc(Cc2ccccc2)cs1.Cl. The van der Waals surface area contributed by atoms with Crippen molar-refractivity contribution in [2.45, 2.75) is 13.0 Å². The van der Waals surface area contributed by atoms with Crippen LogP contribution in [0.15, 0.2) is 35.7 Å². The Morgan fingerprint density at radius 1 is 1.25 bits per heavy atom. The van der Waals surface area contributed by atoms with Gasteiger partial charge in [0.2, 0.25) is 0 Å². The van der Waals surface area contributed by atoms with Gasteiger partial charge in [0.1, 0.15) is 5.01 Å². The van der Waals surface area contributed by atoms with Crippen molar-refractivity contribution in [2.75, 3.05) is 7.05 Å².